The van der Waals surface area contributed by atoms with Gasteiger partial charge < -0.3 is 0 Å². The van der Waals surface area contributed by atoms with Gasteiger partial charge in [0.1, 0.15) is 0 Å². The van der Waals surface area contributed by atoms with E-state index in [2.05, 4.69) is 15.9 Å². The zero-order valence-electron chi connectivity index (χ0n) is 7.64. The molecule has 0 aliphatic carbocycles. The van der Waals surface area contributed by atoms with E-state index in [-0.39, 0.29) is 4.48 Å². The molecule has 0 atom stereocenters. The van der Waals surface area contributed by atoms with E-state index < -0.39 is 6.08 Å². The van der Waals surface area contributed by atoms with E-state index in [1.165, 1.54) is 5.56 Å². The number of hydrogen-bond acceptors (Lipinski definition) is 0. The molecule has 1 aromatic rings. The third kappa shape index (κ3) is 4.01. The Morgan fingerprint density at radius 1 is 1.14 bits per heavy atom. The van der Waals surface area contributed by atoms with Gasteiger partial charge in [-0.05, 0) is 40.8 Å². The minimum atomic E-state index is -1.61. The number of benzene rings is 1. The maximum Gasteiger partial charge on any atom is 0.280 e. The molecule has 0 N–H and O–H groups in total. The fraction of sp³-hybridized carbons (Fsp3) is 0.273. The van der Waals surface area contributed by atoms with Crippen molar-refractivity contribution in [2.45, 2.75) is 19.3 Å². The molecule has 0 saturated heterocycles. The molecule has 0 aromatic heterocycles. The van der Waals surface area contributed by atoms with E-state index in [0.29, 0.717) is 6.42 Å². The normalized spacial score (nSPS) is 9.93. The topological polar surface area (TPSA) is 0 Å². The van der Waals surface area contributed by atoms with Crippen molar-refractivity contribution in [3.63, 3.8) is 0 Å². The van der Waals surface area contributed by atoms with Gasteiger partial charge in [-0.15, -0.1) is 0 Å². The monoisotopic (exact) mass is 260 g/mol. The first-order valence-corrected chi connectivity index (χ1v) is 5.23. The Labute approximate surface area is 90.8 Å². The highest BCUT2D eigenvalue weighted by atomic mass is 79.9. The molecule has 0 bridgehead atoms. The van der Waals surface area contributed by atoms with Crippen LogP contribution < -0.4 is 0 Å². The number of rotatable bonds is 4. The summed E-state index contributed by atoms with van der Waals surface area (Å²) in [6.45, 7) is 0. The Morgan fingerprint density at radius 2 is 1.79 bits per heavy atom. The molecule has 0 radical (unpaired) electrons. The maximum absolute atomic E-state index is 12.0. The lowest BCUT2D eigenvalue weighted by atomic mass is 10.1. The second kappa shape index (κ2) is 5.91. The Hall–Kier alpha value is -0.700. The Bertz CT molecular complexity index is 302. The molecule has 76 valence electrons. The van der Waals surface area contributed by atoms with Crippen LogP contribution in [0.25, 0.3) is 0 Å². The molecule has 0 aliphatic heterocycles. The average Bonchev–Trinajstić information content (AvgIpc) is 2.19. The molecule has 0 nitrogen and oxygen atoms in total. The van der Waals surface area contributed by atoms with E-state index in [0.717, 1.165) is 12.8 Å². The SMILES string of the molecule is FC(F)=C(Br)CCCc1ccccc1. The zero-order valence-corrected chi connectivity index (χ0v) is 9.23. The van der Waals surface area contributed by atoms with Crippen molar-refractivity contribution in [2.75, 3.05) is 0 Å². The highest BCUT2D eigenvalue weighted by Crippen LogP contribution is 2.21. The van der Waals surface area contributed by atoms with Crippen molar-refractivity contribution in [1.82, 2.24) is 0 Å². The number of allylic oxidation sites excluding steroid dienone is 1. The predicted octanol–water partition coefficient (Wildman–Crippen LogP) is 4.51. The van der Waals surface area contributed by atoms with Crippen LogP contribution in [0.5, 0.6) is 0 Å². The Morgan fingerprint density at radius 3 is 2.36 bits per heavy atom. The summed E-state index contributed by atoms with van der Waals surface area (Å²) in [5, 5.41) is 0. The Balaban J connectivity index is 2.33. The highest BCUT2D eigenvalue weighted by molar-refractivity contribution is 9.11. The third-order valence-electron chi connectivity index (χ3n) is 1.91. The fourth-order valence-electron chi connectivity index (χ4n) is 1.19. The van der Waals surface area contributed by atoms with Crippen LogP contribution in [0.4, 0.5) is 8.78 Å². The van der Waals surface area contributed by atoms with Gasteiger partial charge in [0.15, 0.2) is 0 Å². The quantitative estimate of drug-likeness (QED) is 0.747. The maximum atomic E-state index is 12.0. The molecule has 0 fully saturated rings. The minimum absolute atomic E-state index is 0.0217. The van der Waals surface area contributed by atoms with Gasteiger partial charge >= 0.3 is 0 Å². The molecule has 0 amide bonds. The van der Waals surface area contributed by atoms with Crippen LogP contribution in [0.3, 0.4) is 0 Å². The van der Waals surface area contributed by atoms with Gasteiger partial charge in [-0.1, -0.05) is 30.3 Å². The second-order valence-electron chi connectivity index (χ2n) is 3.00. The largest absolute Gasteiger partial charge is 0.280 e. The molecule has 0 saturated carbocycles. The van der Waals surface area contributed by atoms with E-state index in [1.54, 1.807) is 0 Å². The zero-order chi connectivity index (χ0) is 10.4. The molecular weight excluding hydrogens is 250 g/mol. The third-order valence-corrected chi connectivity index (χ3v) is 2.61. The molecule has 0 heterocycles. The fourth-order valence-corrected chi connectivity index (χ4v) is 1.47. The van der Waals surface area contributed by atoms with E-state index in [4.69, 9.17) is 0 Å². The van der Waals surface area contributed by atoms with Crippen LogP contribution in [0, 0.1) is 0 Å². The van der Waals surface area contributed by atoms with Crippen molar-refractivity contribution in [2.24, 2.45) is 0 Å². The van der Waals surface area contributed by atoms with Crippen molar-refractivity contribution < 1.29 is 8.78 Å². The molecule has 0 spiro atoms. The molecular formula is C11H11BrF2. The summed E-state index contributed by atoms with van der Waals surface area (Å²) in [6, 6.07) is 9.86. The van der Waals surface area contributed by atoms with Gasteiger partial charge in [-0.25, -0.2) is 0 Å². The smallest absolute Gasteiger partial charge is 0.172 e. The highest BCUT2D eigenvalue weighted by Gasteiger charge is 2.01. The first-order chi connectivity index (χ1) is 6.70. The van der Waals surface area contributed by atoms with Crippen molar-refractivity contribution >= 4 is 15.9 Å². The summed E-state index contributed by atoms with van der Waals surface area (Å²) in [4.78, 5) is 0. The molecule has 0 unspecified atom stereocenters. The number of halogens is 3. The summed E-state index contributed by atoms with van der Waals surface area (Å²) in [6.07, 6.45) is 0.362. The standard InChI is InChI=1S/C11H11BrF2/c12-10(11(13)14)8-4-7-9-5-2-1-3-6-9/h1-3,5-6H,4,7-8H2. The van der Waals surface area contributed by atoms with E-state index in [1.807, 2.05) is 30.3 Å². The van der Waals surface area contributed by atoms with Gasteiger partial charge in [0.25, 0.3) is 6.08 Å². The van der Waals surface area contributed by atoms with Gasteiger partial charge in [-0.3, -0.25) is 0 Å². The lowest BCUT2D eigenvalue weighted by Gasteiger charge is -2.00. The molecule has 1 rings (SSSR count). The van der Waals surface area contributed by atoms with Gasteiger partial charge in [0.05, 0.1) is 4.48 Å². The lowest BCUT2D eigenvalue weighted by Crippen LogP contribution is -1.85. The van der Waals surface area contributed by atoms with E-state index >= 15 is 0 Å². The lowest BCUT2D eigenvalue weighted by molar-refractivity contribution is 0.415. The molecule has 3 heteroatoms. The average molecular weight is 261 g/mol. The van der Waals surface area contributed by atoms with Crippen LogP contribution in [0.1, 0.15) is 18.4 Å². The molecule has 1 aromatic carbocycles. The van der Waals surface area contributed by atoms with Crippen molar-refractivity contribution in [3.8, 4) is 0 Å². The predicted molar refractivity (Wildman–Crippen MR) is 57.5 cm³/mol. The van der Waals surface area contributed by atoms with Crippen LogP contribution in [0.2, 0.25) is 0 Å². The summed E-state index contributed by atoms with van der Waals surface area (Å²) in [7, 11) is 0. The number of hydrogen-bond donors (Lipinski definition) is 0. The van der Waals surface area contributed by atoms with Crippen molar-refractivity contribution in [3.05, 3.63) is 46.5 Å². The Kier molecular flexibility index (Phi) is 4.80. The first-order valence-electron chi connectivity index (χ1n) is 4.43. The van der Waals surface area contributed by atoms with Gasteiger partial charge in [0.2, 0.25) is 0 Å². The van der Waals surface area contributed by atoms with Crippen LogP contribution in [0.15, 0.2) is 40.9 Å². The van der Waals surface area contributed by atoms with Crippen LogP contribution in [-0.2, 0) is 6.42 Å². The summed E-state index contributed by atoms with van der Waals surface area (Å²) in [5.41, 5.74) is 1.19. The van der Waals surface area contributed by atoms with E-state index in [9.17, 15) is 8.78 Å². The summed E-state index contributed by atoms with van der Waals surface area (Å²) in [5.74, 6) is 0. The van der Waals surface area contributed by atoms with Crippen molar-refractivity contribution in [1.29, 1.82) is 0 Å². The summed E-state index contributed by atoms with van der Waals surface area (Å²) >= 11 is 2.85. The van der Waals surface area contributed by atoms with Gasteiger partial charge in [0, 0.05) is 0 Å². The number of aryl methyl sites for hydroxylation is 1. The van der Waals surface area contributed by atoms with Gasteiger partial charge in [-0.2, -0.15) is 8.78 Å². The molecule has 0 aliphatic rings. The van der Waals surface area contributed by atoms with Crippen LogP contribution in [-0.4, -0.2) is 0 Å². The molecule has 14 heavy (non-hydrogen) atoms. The summed E-state index contributed by atoms with van der Waals surface area (Å²) < 4.78 is 24.0. The van der Waals surface area contributed by atoms with Crippen LogP contribution >= 0.6 is 15.9 Å². The first kappa shape index (κ1) is 11.4. The minimum Gasteiger partial charge on any atom is -0.172 e. The second-order valence-corrected chi connectivity index (χ2v) is 3.96.